The van der Waals surface area contributed by atoms with E-state index in [0.29, 0.717) is 10.8 Å². The van der Waals surface area contributed by atoms with Gasteiger partial charge in [0.15, 0.2) is 0 Å². The number of benzene rings is 1. The first-order valence-electron chi connectivity index (χ1n) is 7.56. The maximum Gasteiger partial charge on any atom is 0.223 e. The van der Waals surface area contributed by atoms with Gasteiger partial charge >= 0.3 is 0 Å². The highest BCUT2D eigenvalue weighted by Crippen LogP contribution is 2.31. The number of carbonyl (C=O) groups is 1. The molecule has 2 fully saturated rings. The Morgan fingerprint density at radius 1 is 1.38 bits per heavy atom. The average Bonchev–Trinajstić information content (AvgIpc) is 3.33. The summed E-state index contributed by atoms with van der Waals surface area (Å²) >= 11 is 6.07. The minimum Gasteiger partial charge on any atom is -0.495 e. The highest BCUT2D eigenvalue weighted by molar-refractivity contribution is 6.32. The average molecular weight is 309 g/mol. The highest BCUT2D eigenvalue weighted by Gasteiger charge is 2.32. The van der Waals surface area contributed by atoms with E-state index < -0.39 is 0 Å². The number of rotatable bonds is 4. The molecule has 21 heavy (non-hydrogen) atoms. The number of nitrogens with zero attached hydrogens (tertiary/aromatic N) is 1. The molecule has 0 aromatic heterocycles. The Balaban J connectivity index is 1.66. The number of anilines is 1. The van der Waals surface area contributed by atoms with Crippen LogP contribution in [0.2, 0.25) is 5.02 Å². The van der Waals surface area contributed by atoms with E-state index in [-0.39, 0.29) is 17.9 Å². The quantitative estimate of drug-likeness (QED) is 0.930. The van der Waals surface area contributed by atoms with E-state index in [9.17, 15) is 4.79 Å². The van der Waals surface area contributed by atoms with Crippen LogP contribution in [0.15, 0.2) is 18.2 Å². The largest absolute Gasteiger partial charge is 0.495 e. The lowest BCUT2D eigenvalue weighted by atomic mass is 10.0. The van der Waals surface area contributed by atoms with Gasteiger partial charge in [0.25, 0.3) is 0 Å². The first-order chi connectivity index (χ1) is 10.2. The van der Waals surface area contributed by atoms with E-state index in [4.69, 9.17) is 16.3 Å². The number of nitrogens with one attached hydrogen (secondary N) is 1. The summed E-state index contributed by atoms with van der Waals surface area (Å²) in [4.78, 5) is 14.2. The van der Waals surface area contributed by atoms with Crippen LogP contribution in [0.4, 0.5) is 5.69 Å². The molecule has 5 heteroatoms. The van der Waals surface area contributed by atoms with Gasteiger partial charge in [-0.05, 0) is 37.8 Å². The van der Waals surface area contributed by atoms with Crippen molar-refractivity contribution in [2.45, 2.75) is 31.7 Å². The second-order valence-corrected chi connectivity index (χ2v) is 6.29. The molecule has 1 atom stereocenters. The van der Waals surface area contributed by atoms with Crippen LogP contribution in [0.1, 0.15) is 25.7 Å². The van der Waals surface area contributed by atoms with Crippen molar-refractivity contribution in [1.29, 1.82) is 0 Å². The van der Waals surface area contributed by atoms with E-state index in [2.05, 4.69) is 10.2 Å². The Kier molecular flexibility index (Phi) is 4.24. The van der Waals surface area contributed by atoms with Crippen molar-refractivity contribution in [3.63, 3.8) is 0 Å². The molecule has 1 N–H and O–H groups in total. The topological polar surface area (TPSA) is 41.6 Å². The third-order valence-electron chi connectivity index (χ3n) is 4.22. The van der Waals surface area contributed by atoms with Gasteiger partial charge in [-0.3, -0.25) is 4.79 Å². The van der Waals surface area contributed by atoms with Gasteiger partial charge < -0.3 is 15.0 Å². The van der Waals surface area contributed by atoms with E-state index >= 15 is 0 Å². The van der Waals surface area contributed by atoms with Gasteiger partial charge in [-0.1, -0.05) is 11.6 Å². The van der Waals surface area contributed by atoms with Crippen LogP contribution in [0.25, 0.3) is 0 Å². The molecule has 114 valence electrons. The predicted octanol–water partition coefficient (Wildman–Crippen LogP) is 2.84. The Labute approximate surface area is 130 Å². The summed E-state index contributed by atoms with van der Waals surface area (Å²) in [5.74, 6) is 1.20. The molecule has 1 aliphatic heterocycles. The van der Waals surface area contributed by atoms with Crippen LogP contribution in [0.5, 0.6) is 5.75 Å². The molecular weight excluding hydrogens is 288 g/mol. The number of piperidine rings is 1. The molecule has 0 spiro atoms. The zero-order valence-corrected chi connectivity index (χ0v) is 13.0. The van der Waals surface area contributed by atoms with E-state index in [0.717, 1.165) is 44.5 Å². The summed E-state index contributed by atoms with van der Waals surface area (Å²) in [5, 5.41) is 3.80. The normalized spacial score (nSPS) is 22.0. The van der Waals surface area contributed by atoms with Gasteiger partial charge in [0.05, 0.1) is 12.1 Å². The lowest BCUT2D eigenvalue weighted by molar-refractivity contribution is -0.123. The van der Waals surface area contributed by atoms with Gasteiger partial charge in [0, 0.05) is 36.8 Å². The smallest absolute Gasteiger partial charge is 0.223 e. The lowest BCUT2D eigenvalue weighted by Gasteiger charge is -2.35. The first-order valence-corrected chi connectivity index (χ1v) is 7.94. The van der Waals surface area contributed by atoms with Gasteiger partial charge in [-0.15, -0.1) is 0 Å². The summed E-state index contributed by atoms with van der Waals surface area (Å²) in [6.07, 6.45) is 4.24. The molecule has 1 saturated heterocycles. The summed E-state index contributed by atoms with van der Waals surface area (Å²) in [6, 6.07) is 6.08. The summed E-state index contributed by atoms with van der Waals surface area (Å²) < 4.78 is 5.28. The van der Waals surface area contributed by atoms with Crippen LogP contribution >= 0.6 is 11.6 Å². The Morgan fingerprint density at radius 3 is 2.90 bits per heavy atom. The zero-order chi connectivity index (χ0) is 14.8. The molecular formula is C16H21ClN2O2. The molecule has 0 unspecified atom stereocenters. The maximum absolute atomic E-state index is 11.9. The Bertz CT molecular complexity index is 531. The SMILES string of the molecule is COc1cc(N2CCC[C@H](NC(=O)C3CC3)C2)ccc1Cl. The molecule has 0 bridgehead atoms. The first kappa shape index (κ1) is 14.5. The Hall–Kier alpha value is -1.42. The second kappa shape index (κ2) is 6.14. The van der Waals surface area contributed by atoms with E-state index in [1.165, 1.54) is 0 Å². The van der Waals surface area contributed by atoms with Crippen LogP contribution in [0, 0.1) is 5.92 Å². The van der Waals surface area contributed by atoms with Gasteiger partial charge in [0.1, 0.15) is 5.75 Å². The molecule has 1 aromatic rings. The standard InChI is InChI=1S/C16H21ClN2O2/c1-21-15-9-13(6-7-14(15)17)19-8-2-3-12(10-19)18-16(20)11-4-5-11/h6-7,9,11-12H,2-5,8,10H2,1H3,(H,18,20)/t12-/m0/s1. The molecule has 1 aliphatic carbocycles. The van der Waals surface area contributed by atoms with Crippen molar-refractivity contribution in [3.05, 3.63) is 23.2 Å². The van der Waals surface area contributed by atoms with Crippen LogP contribution < -0.4 is 15.0 Å². The number of carbonyl (C=O) groups excluding carboxylic acids is 1. The zero-order valence-electron chi connectivity index (χ0n) is 12.3. The molecule has 1 saturated carbocycles. The van der Waals surface area contributed by atoms with Crippen LogP contribution in [0.3, 0.4) is 0 Å². The fraction of sp³-hybridized carbons (Fsp3) is 0.562. The third kappa shape index (κ3) is 3.43. The molecule has 1 amide bonds. The van der Waals surface area contributed by atoms with Crippen molar-refractivity contribution in [3.8, 4) is 5.75 Å². The fourth-order valence-electron chi connectivity index (χ4n) is 2.84. The van der Waals surface area contributed by atoms with Gasteiger partial charge in [-0.2, -0.15) is 0 Å². The number of ether oxygens (including phenoxy) is 1. The molecule has 2 aliphatic rings. The number of methoxy groups -OCH3 is 1. The van der Waals surface area contributed by atoms with Crippen molar-refractivity contribution in [2.24, 2.45) is 5.92 Å². The number of amides is 1. The third-order valence-corrected chi connectivity index (χ3v) is 4.53. The number of hydrogen-bond donors (Lipinski definition) is 1. The van der Waals surface area contributed by atoms with Crippen molar-refractivity contribution < 1.29 is 9.53 Å². The molecule has 1 heterocycles. The number of halogens is 1. The molecule has 0 radical (unpaired) electrons. The van der Waals surface area contributed by atoms with Crippen molar-refractivity contribution in [2.75, 3.05) is 25.1 Å². The summed E-state index contributed by atoms with van der Waals surface area (Å²) in [7, 11) is 1.62. The lowest BCUT2D eigenvalue weighted by Crippen LogP contribution is -2.48. The highest BCUT2D eigenvalue weighted by atomic mass is 35.5. The maximum atomic E-state index is 11.9. The number of hydrogen-bond acceptors (Lipinski definition) is 3. The predicted molar refractivity (Wildman–Crippen MR) is 84.1 cm³/mol. The molecule has 4 nitrogen and oxygen atoms in total. The van der Waals surface area contributed by atoms with Crippen LogP contribution in [-0.2, 0) is 4.79 Å². The van der Waals surface area contributed by atoms with Gasteiger partial charge in [0.2, 0.25) is 5.91 Å². The van der Waals surface area contributed by atoms with Gasteiger partial charge in [-0.25, -0.2) is 0 Å². The Morgan fingerprint density at radius 2 is 2.19 bits per heavy atom. The molecule has 3 rings (SSSR count). The second-order valence-electron chi connectivity index (χ2n) is 5.89. The van der Waals surface area contributed by atoms with Crippen molar-refractivity contribution in [1.82, 2.24) is 5.32 Å². The molecule has 1 aromatic carbocycles. The monoisotopic (exact) mass is 308 g/mol. The van der Waals surface area contributed by atoms with E-state index in [1.807, 2.05) is 18.2 Å². The summed E-state index contributed by atoms with van der Waals surface area (Å²) in [6.45, 7) is 1.85. The van der Waals surface area contributed by atoms with Crippen molar-refractivity contribution >= 4 is 23.2 Å². The minimum atomic E-state index is 0.232. The fourth-order valence-corrected chi connectivity index (χ4v) is 3.03. The minimum absolute atomic E-state index is 0.232. The van der Waals surface area contributed by atoms with Crippen LogP contribution in [-0.4, -0.2) is 32.1 Å². The summed E-state index contributed by atoms with van der Waals surface area (Å²) in [5.41, 5.74) is 1.10. The van der Waals surface area contributed by atoms with E-state index in [1.54, 1.807) is 7.11 Å².